The first-order valence-corrected chi connectivity index (χ1v) is 6.57. The molecule has 0 fully saturated rings. The molecule has 1 rings (SSSR count). The van der Waals surface area contributed by atoms with Crippen LogP contribution in [0.4, 0.5) is 13.2 Å². The third-order valence-electron chi connectivity index (χ3n) is 2.87. The fourth-order valence-corrected chi connectivity index (χ4v) is 1.85. The highest BCUT2D eigenvalue weighted by Gasteiger charge is 2.29. The zero-order chi connectivity index (χ0) is 15.3. The molecule has 0 spiro atoms. The molecule has 0 saturated carbocycles. The van der Waals surface area contributed by atoms with Crippen molar-refractivity contribution in [1.82, 2.24) is 0 Å². The van der Waals surface area contributed by atoms with Crippen LogP contribution in [0.5, 0.6) is 0 Å². The monoisotopic (exact) mass is 287 g/mol. The van der Waals surface area contributed by atoms with E-state index in [4.69, 9.17) is 4.84 Å². The van der Waals surface area contributed by atoms with Gasteiger partial charge >= 0.3 is 6.18 Å². The Morgan fingerprint density at radius 3 is 1.95 bits per heavy atom. The molecule has 20 heavy (non-hydrogen) atoms. The van der Waals surface area contributed by atoms with Crippen molar-refractivity contribution in [2.75, 3.05) is 0 Å². The Kier molecular flexibility index (Phi) is 5.60. The van der Waals surface area contributed by atoms with E-state index >= 15 is 0 Å². The van der Waals surface area contributed by atoms with Crippen molar-refractivity contribution in [3.63, 3.8) is 0 Å². The average molecular weight is 287 g/mol. The minimum absolute atomic E-state index is 0.168. The molecule has 112 valence electrons. The van der Waals surface area contributed by atoms with Crippen molar-refractivity contribution < 1.29 is 18.0 Å². The second-order valence-corrected chi connectivity index (χ2v) is 5.29. The number of alkyl halides is 3. The normalized spacial score (nSPS) is 11.8. The molecule has 0 radical (unpaired) electrons. The molecule has 0 bridgehead atoms. The maximum atomic E-state index is 12.4. The lowest BCUT2D eigenvalue weighted by molar-refractivity contribution is -0.137. The zero-order valence-electron chi connectivity index (χ0n) is 12.2. The highest BCUT2D eigenvalue weighted by atomic mass is 19.4. The summed E-state index contributed by atoms with van der Waals surface area (Å²) in [5.74, 6) is 0.560. The lowest BCUT2D eigenvalue weighted by atomic mass is 9.98. The second kappa shape index (κ2) is 6.77. The van der Waals surface area contributed by atoms with Crippen LogP contribution < -0.4 is 0 Å². The van der Waals surface area contributed by atoms with Crippen LogP contribution in [-0.4, -0.2) is 5.71 Å². The van der Waals surface area contributed by atoms with Crippen LogP contribution in [0.2, 0.25) is 0 Å². The largest absolute Gasteiger partial charge is 0.416 e. The van der Waals surface area contributed by atoms with Gasteiger partial charge in [-0.15, -0.1) is 0 Å². The van der Waals surface area contributed by atoms with Gasteiger partial charge in [0.1, 0.15) is 6.61 Å². The van der Waals surface area contributed by atoms with Gasteiger partial charge in [-0.25, -0.2) is 0 Å². The van der Waals surface area contributed by atoms with Gasteiger partial charge in [-0.3, -0.25) is 0 Å². The van der Waals surface area contributed by atoms with E-state index in [0.717, 1.165) is 17.8 Å². The van der Waals surface area contributed by atoms with Gasteiger partial charge in [0.05, 0.1) is 11.3 Å². The summed E-state index contributed by atoms with van der Waals surface area (Å²) >= 11 is 0. The molecule has 0 aliphatic heterocycles. The Bertz CT molecular complexity index is 437. The van der Waals surface area contributed by atoms with E-state index in [0.29, 0.717) is 5.56 Å². The van der Waals surface area contributed by atoms with Crippen molar-refractivity contribution in [2.24, 2.45) is 17.0 Å². The van der Waals surface area contributed by atoms with E-state index < -0.39 is 11.7 Å². The molecule has 1 aromatic carbocycles. The van der Waals surface area contributed by atoms with Gasteiger partial charge in [-0.05, 0) is 29.5 Å². The molecular weight excluding hydrogens is 267 g/mol. The highest BCUT2D eigenvalue weighted by molar-refractivity contribution is 5.87. The summed E-state index contributed by atoms with van der Waals surface area (Å²) in [7, 11) is 0. The molecular formula is C15H20F3NO. The standard InChI is InChI=1S/C15H20F3NO/c1-10(2)14(11(3)4)19-20-9-12-5-7-13(8-6-12)15(16,17)18/h5-8,10-11H,9H2,1-4H3. The predicted molar refractivity (Wildman–Crippen MR) is 73.3 cm³/mol. The molecule has 0 amide bonds. The Hall–Kier alpha value is -1.52. The van der Waals surface area contributed by atoms with Crippen molar-refractivity contribution in [1.29, 1.82) is 0 Å². The number of halogens is 3. The molecule has 0 aliphatic rings. The van der Waals surface area contributed by atoms with Crippen LogP contribution in [0, 0.1) is 11.8 Å². The molecule has 0 aromatic heterocycles. The Morgan fingerprint density at radius 1 is 1.05 bits per heavy atom. The summed E-state index contributed by atoms with van der Waals surface area (Å²) in [6.07, 6.45) is -4.31. The number of hydrogen-bond donors (Lipinski definition) is 0. The minimum atomic E-state index is -4.31. The van der Waals surface area contributed by atoms with Gasteiger partial charge in [0, 0.05) is 0 Å². The summed E-state index contributed by atoms with van der Waals surface area (Å²) in [5, 5.41) is 4.08. The van der Waals surface area contributed by atoms with Crippen LogP contribution in [0.25, 0.3) is 0 Å². The Balaban J connectivity index is 2.65. The van der Waals surface area contributed by atoms with E-state index in [2.05, 4.69) is 5.16 Å². The third-order valence-corrected chi connectivity index (χ3v) is 2.87. The van der Waals surface area contributed by atoms with E-state index in [1.807, 2.05) is 27.7 Å². The van der Waals surface area contributed by atoms with Crippen molar-refractivity contribution >= 4 is 5.71 Å². The SMILES string of the molecule is CC(C)C(=NOCc1ccc(C(F)(F)F)cc1)C(C)C. The van der Waals surface area contributed by atoms with Gasteiger partial charge in [0.2, 0.25) is 0 Å². The maximum Gasteiger partial charge on any atom is 0.416 e. The maximum absolute atomic E-state index is 12.4. The molecule has 0 saturated heterocycles. The molecule has 0 unspecified atom stereocenters. The van der Waals surface area contributed by atoms with Gasteiger partial charge < -0.3 is 4.84 Å². The smallest absolute Gasteiger partial charge is 0.391 e. The predicted octanol–water partition coefficient (Wildman–Crippen LogP) is 4.89. The number of oxime groups is 1. The van der Waals surface area contributed by atoms with Gasteiger partial charge in [0.25, 0.3) is 0 Å². The average Bonchev–Trinajstić information content (AvgIpc) is 2.33. The fourth-order valence-electron chi connectivity index (χ4n) is 1.85. The van der Waals surface area contributed by atoms with Crippen LogP contribution in [0.3, 0.4) is 0 Å². The van der Waals surface area contributed by atoms with Gasteiger partial charge in [-0.1, -0.05) is 45.0 Å². The highest BCUT2D eigenvalue weighted by Crippen LogP contribution is 2.29. The van der Waals surface area contributed by atoms with E-state index in [1.54, 1.807) is 0 Å². The molecule has 1 aromatic rings. The molecule has 2 nitrogen and oxygen atoms in total. The topological polar surface area (TPSA) is 21.6 Å². The van der Waals surface area contributed by atoms with Crippen molar-refractivity contribution in [3.05, 3.63) is 35.4 Å². The van der Waals surface area contributed by atoms with Crippen molar-refractivity contribution in [3.8, 4) is 0 Å². The van der Waals surface area contributed by atoms with Crippen LogP contribution in [0.1, 0.15) is 38.8 Å². The summed E-state index contributed by atoms with van der Waals surface area (Å²) < 4.78 is 37.2. The Morgan fingerprint density at radius 2 is 1.55 bits per heavy atom. The Labute approximate surface area is 117 Å². The molecule has 0 aliphatic carbocycles. The first-order chi connectivity index (χ1) is 9.21. The first kappa shape index (κ1) is 16.5. The first-order valence-electron chi connectivity index (χ1n) is 6.57. The van der Waals surface area contributed by atoms with E-state index in [-0.39, 0.29) is 18.4 Å². The van der Waals surface area contributed by atoms with Crippen LogP contribution in [0.15, 0.2) is 29.4 Å². The quantitative estimate of drug-likeness (QED) is 0.558. The summed E-state index contributed by atoms with van der Waals surface area (Å²) in [6, 6.07) is 4.91. The van der Waals surface area contributed by atoms with Crippen LogP contribution >= 0.6 is 0 Å². The zero-order valence-corrected chi connectivity index (χ0v) is 12.2. The number of nitrogens with zero attached hydrogens (tertiary/aromatic N) is 1. The van der Waals surface area contributed by atoms with Crippen LogP contribution in [-0.2, 0) is 17.6 Å². The fraction of sp³-hybridized carbons (Fsp3) is 0.533. The minimum Gasteiger partial charge on any atom is -0.391 e. The second-order valence-electron chi connectivity index (χ2n) is 5.29. The van der Waals surface area contributed by atoms with E-state index in [1.165, 1.54) is 12.1 Å². The summed E-state index contributed by atoms with van der Waals surface area (Å²) in [6.45, 7) is 8.28. The van der Waals surface area contributed by atoms with Gasteiger partial charge in [0.15, 0.2) is 0 Å². The summed E-state index contributed by atoms with van der Waals surface area (Å²) in [5.41, 5.74) is 0.945. The lowest BCUT2D eigenvalue weighted by Crippen LogP contribution is -2.15. The lowest BCUT2D eigenvalue weighted by Gasteiger charge is -2.13. The molecule has 0 N–H and O–H groups in total. The number of benzene rings is 1. The van der Waals surface area contributed by atoms with E-state index in [9.17, 15) is 13.2 Å². The van der Waals surface area contributed by atoms with Gasteiger partial charge in [-0.2, -0.15) is 13.2 Å². The number of rotatable bonds is 5. The molecule has 0 heterocycles. The molecule has 0 atom stereocenters. The molecule has 5 heteroatoms. The third kappa shape index (κ3) is 4.87. The summed E-state index contributed by atoms with van der Waals surface area (Å²) in [4.78, 5) is 5.24. The number of hydrogen-bond acceptors (Lipinski definition) is 2. The van der Waals surface area contributed by atoms with Crippen molar-refractivity contribution in [2.45, 2.75) is 40.5 Å².